The highest BCUT2D eigenvalue weighted by atomic mass is 15.3. The number of aromatic nitrogens is 3. The highest BCUT2D eigenvalue weighted by Crippen LogP contribution is 2.16. The zero-order chi connectivity index (χ0) is 13.1. The SMILES string of the molecule is CCNCc1cc(-n2nc(C)c(C)c2C)ccn1. The van der Waals surface area contributed by atoms with Gasteiger partial charge in [0.25, 0.3) is 0 Å². The molecule has 0 aliphatic heterocycles. The molecule has 0 saturated heterocycles. The van der Waals surface area contributed by atoms with Gasteiger partial charge in [-0.2, -0.15) is 5.10 Å². The molecule has 0 aromatic carbocycles. The van der Waals surface area contributed by atoms with Gasteiger partial charge in [0.15, 0.2) is 0 Å². The Labute approximate surface area is 108 Å². The lowest BCUT2D eigenvalue weighted by molar-refractivity contribution is 0.708. The van der Waals surface area contributed by atoms with E-state index in [4.69, 9.17) is 0 Å². The first kappa shape index (κ1) is 12.8. The molecule has 4 nitrogen and oxygen atoms in total. The van der Waals surface area contributed by atoms with Gasteiger partial charge in [-0.3, -0.25) is 4.98 Å². The van der Waals surface area contributed by atoms with Crippen molar-refractivity contribution in [2.45, 2.75) is 34.2 Å². The van der Waals surface area contributed by atoms with Gasteiger partial charge in [-0.05, 0) is 45.0 Å². The van der Waals surface area contributed by atoms with Crippen molar-refractivity contribution in [3.63, 3.8) is 0 Å². The number of hydrogen-bond acceptors (Lipinski definition) is 3. The minimum absolute atomic E-state index is 0.794. The van der Waals surface area contributed by atoms with Crippen molar-refractivity contribution in [1.29, 1.82) is 0 Å². The molecule has 0 radical (unpaired) electrons. The van der Waals surface area contributed by atoms with E-state index >= 15 is 0 Å². The summed E-state index contributed by atoms with van der Waals surface area (Å²) in [6.07, 6.45) is 1.84. The largest absolute Gasteiger partial charge is 0.311 e. The molecule has 0 bridgehead atoms. The molecule has 0 saturated carbocycles. The van der Waals surface area contributed by atoms with Crippen LogP contribution in [0.4, 0.5) is 0 Å². The van der Waals surface area contributed by atoms with Crippen LogP contribution < -0.4 is 5.32 Å². The van der Waals surface area contributed by atoms with E-state index < -0.39 is 0 Å². The van der Waals surface area contributed by atoms with Crippen LogP contribution in [0.25, 0.3) is 5.69 Å². The number of nitrogens with one attached hydrogen (secondary N) is 1. The van der Waals surface area contributed by atoms with Crippen LogP contribution in [0.15, 0.2) is 18.3 Å². The van der Waals surface area contributed by atoms with E-state index in [1.165, 1.54) is 11.3 Å². The normalized spacial score (nSPS) is 10.9. The number of rotatable bonds is 4. The molecule has 0 aliphatic carbocycles. The number of aryl methyl sites for hydroxylation is 1. The van der Waals surface area contributed by atoms with Crippen LogP contribution in [0, 0.1) is 20.8 Å². The zero-order valence-corrected chi connectivity index (χ0v) is 11.5. The third kappa shape index (κ3) is 2.43. The maximum atomic E-state index is 4.57. The smallest absolute Gasteiger partial charge is 0.0682 e. The second kappa shape index (κ2) is 5.31. The first-order chi connectivity index (χ1) is 8.63. The molecule has 0 amide bonds. The van der Waals surface area contributed by atoms with Crippen LogP contribution in [0.5, 0.6) is 0 Å². The third-order valence-corrected chi connectivity index (χ3v) is 3.25. The highest BCUT2D eigenvalue weighted by molar-refractivity contribution is 5.36. The highest BCUT2D eigenvalue weighted by Gasteiger charge is 2.09. The molecule has 4 heteroatoms. The Balaban J connectivity index is 2.35. The van der Waals surface area contributed by atoms with E-state index in [0.29, 0.717) is 0 Å². The van der Waals surface area contributed by atoms with E-state index in [-0.39, 0.29) is 0 Å². The molecule has 0 atom stereocenters. The molecule has 0 spiro atoms. The van der Waals surface area contributed by atoms with E-state index in [2.05, 4.69) is 42.2 Å². The van der Waals surface area contributed by atoms with Crippen molar-refractivity contribution >= 4 is 0 Å². The van der Waals surface area contributed by atoms with E-state index in [9.17, 15) is 0 Å². The van der Waals surface area contributed by atoms with E-state index in [1.54, 1.807) is 0 Å². The van der Waals surface area contributed by atoms with Crippen molar-refractivity contribution < 1.29 is 0 Å². The molecule has 2 rings (SSSR count). The van der Waals surface area contributed by atoms with Gasteiger partial charge in [-0.1, -0.05) is 6.92 Å². The first-order valence-electron chi connectivity index (χ1n) is 6.32. The van der Waals surface area contributed by atoms with Crippen molar-refractivity contribution in [1.82, 2.24) is 20.1 Å². The summed E-state index contributed by atoms with van der Waals surface area (Å²) < 4.78 is 1.99. The van der Waals surface area contributed by atoms with Gasteiger partial charge in [0, 0.05) is 18.4 Å². The van der Waals surface area contributed by atoms with Crippen LogP contribution >= 0.6 is 0 Å². The zero-order valence-electron chi connectivity index (χ0n) is 11.5. The Morgan fingerprint density at radius 1 is 1.28 bits per heavy atom. The molecular weight excluding hydrogens is 224 g/mol. The summed E-state index contributed by atoms with van der Waals surface area (Å²) in [5, 5.41) is 7.85. The van der Waals surface area contributed by atoms with Crippen molar-refractivity contribution in [3.05, 3.63) is 41.0 Å². The lowest BCUT2D eigenvalue weighted by Crippen LogP contribution is -2.13. The summed E-state index contributed by atoms with van der Waals surface area (Å²) in [7, 11) is 0. The molecule has 0 unspecified atom stereocenters. The van der Waals surface area contributed by atoms with Gasteiger partial charge in [0.05, 0.1) is 17.1 Å². The molecule has 0 aliphatic rings. The fourth-order valence-corrected chi connectivity index (χ4v) is 1.92. The third-order valence-electron chi connectivity index (χ3n) is 3.25. The predicted molar refractivity (Wildman–Crippen MR) is 73.0 cm³/mol. The summed E-state index contributed by atoms with van der Waals surface area (Å²) in [6.45, 7) is 10.1. The molecular formula is C14H20N4. The second-order valence-corrected chi connectivity index (χ2v) is 4.49. The molecule has 1 N–H and O–H groups in total. The van der Waals surface area contributed by atoms with Crippen LogP contribution in [0.1, 0.15) is 29.6 Å². The Morgan fingerprint density at radius 3 is 2.67 bits per heavy atom. The minimum Gasteiger partial charge on any atom is -0.311 e. The summed E-state index contributed by atoms with van der Waals surface area (Å²) in [6, 6.07) is 4.08. The molecule has 96 valence electrons. The average Bonchev–Trinajstić information content (AvgIpc) is 2.64. The predicted octanol–water partition coefficient (Wildman–Crippen LogP) is 2.30. The van der Waals surface area contributed by atoms with Gasteiger partial charge >= 0.3 is 0 Å². The van der Waals surface area contributed by atoms with Crippen LogP contribution in [-0.2, 0) is 6.54 Å². The first-order valence-corrected chi connectivity index (χ1v) is 6.32. The topological polar surface area (TPSA) is 42.7 Å². The second-order valence-electron chi connectivity index (χ2n) is 4.49. The molecule has 18 heavy (non-hydrogen) atoms. The summed E-state index contributed by atoms with van der Waals surface area (Å²) >= 11 is 0. The van der Waals surface area contributed by atoms with Crippen LogP contribution in [0.2, 0.25) is 0 Å². The lowest BCUT2D eigenvalue weighted by Gasteiger charge is -2.07. The van der Waals surface area contributed by atoms with Gasteiger partial charge in [0.2, 0.25) is 0 Å². The van der Waals surface area contributed by atoms with Gasteiger partial charge in [0.1, 0.15) is 0 Å². The van der Waals surface area contributed by atoms with Gasteiger partial charge in [-0.15, -0.1) is 0 Å². The fourth-order valence-electron chi connectivity index (χ4n) is 1.92. The van der Waals surface area contributed by atoms with Crippen LogP contribution in [0.3, 0.4) is 0 Å². The van der Waals surface area contributed by atoms with E-state index in [0.717, 1.165) is 30.2 Å². The van der Waals surface area contributed by atoms with Crippen molar-refractivity contribution in [2.24, 2.45) is 0 Å². The Hall–Kier alpha value is -1.68. The monoisotopic (exact) mass is 244 g/mol. The molecule has 2 heterocycles. The maximum Gasteiger partial charge on any atom is 0.0682 e. The number of pyridine rings is 1. The Morgan fingerprint density at radius 2 is 2.06 bits per heavy atom. The average molecular weight is 244 g/mol. The molecule has 2 aromatic rings. The minimum atomic E-state index is 0.794. The van der Waals surface area contributed by atoms with E-state index in [1.807, 2.05) is 23.9 Å². The number of nitrogens with zero attached hydrogens (tertiary/aromatic N) is 3. The Bertz CT molecular complexity index is 543. The summed E-state index contributed by atoms with van der Waals surface area (Å²) in [4.78, 5) is 4.36. The Kier molecular flexibility index (Phi) is 3.77. The van der Waals surface area contributed by atoms with Gasteiger partial charge < -0.3 is 5.32 Å². The van der Waals surface area contributed by atoms with Crippen molar-refractivity contribution in [3.8, 4) is 5.69 Å². The fraction of sp³-hybridized carbons (Fsp3) is 0.429. The molecule has 2 aromatic heterocycles. The van der Waals surface area contributed by atoms with Crippen LogP contribution in [-0.4, -0.2) is 21.3 Å². The lowest BCUT2D eigenvalue weighted by atomic mass is 10.2. The quantitative estimate of drug-likeness (QED) is 0.897. The standard InChI is InChI=1S/C14H20N4/c1-5-15-9-13-8-14(6-7-16-13)18-12(4)10(2)11(3)17-18/h6-8,15H,5,9H2,1-4H3. The summed E-state index contributed by atoms with van der Waals surface area (Å²) in [5.41, 5.74) is 5.64. The summed E-state index contributed by atoms with van der Waals surface area (Å²) in [5.74, 6) is 0. The molecule has 0 fully saturated rings. The number of hydrogen-bond donors (Lipinski definition) is 1. The van der Waals surface area contributed by atoms with Crippen molar-refractivity contribution in [2.75, 3.05) is 6.54 Å². The maximum absolute atomic E-state index is 4.57. The van der Waals surface area contributed by atoms with Gasteiger partial charge in [-0.25, -0.2) is 4.68 Å².